The molecule has 116 valence electrons. The van der Waals surface area contributed by atoms with Crippen LogP contribution in [0.5, 0.6) is 0 Å². The Labute approximate surface area is 121 Å². The third-order valence-electron chi connectivity index (χ3n) is 3.29. The monoisotopic (exact) mass is 298 g/mol. The number of benzene rings is 1. The molecular weight excluding hydrogens is 280 g/mol. The molecule has 1 aliphatic heterocycles. The molecule has 4 N–H and O–H groups in total. The van der Waals surface area contributed by atoms with Crippen LogP contribution in [0.1, 0.15) is 5.56 Å². The lowest BCUT2D eigenvalue weighted by atomic mass is 9.99. The Balaban J connectivity index is 1.96. The molecule has 7 nitrogen and oxygen atoms in total. The van der Waals surface area contributed by atoms with Crippen LogP contribution in [0.25, 0.3) is 0 Å². The van der Waals surface area contributed by atoms with Gasteiger partial charge < -0.3 is 29.9 Å². The molecule has 0 aliphatic carbocycles. The van der Waals surface area contributed by atoms with Crippen molar-refractivity contribution in [3.8, 4) is 0 Å². The zero-order valence-corrected chi connectivity index (χ0v) is 11.2. The van der Waals surface area contributed by atoms with E-state index in [1.807, 2.05) is 6.07 Å². The number of esters is 1. The zero-order chi connectivity index (χ0) is 15.4. The van der Waals surface area contributed by atoms with E-state index in [1.165, 1.54) is 0 Å². The molecule has 1 aromatic carbocycles. The van der Waals surface area contributed by atoms with Crippen LogP contribution in [0, 0.1) is 0 Å². The molecule has 1 aliphatic rings. The van der Waals surface area contributed by atoms with Crippen molar-refractivity contribution in [1.29, 1.82) is 0 Å². The van der Waals surface area contributed by atoms with Crippen LogP contribution >= 0.6 is 0 Å². The molecule has 7 heteroatoms. The molecule has 0 aromatic heterocycles. The van der Waals surface area contributed by atoms with Gasteiger partial charge in [-0.25, -0.2) is 0 Å². The molecule has 1 aromatic rings. The lowest BCUT2D eigenvalue weighted by Crippen LogP contribution is -2.59. The minimum atomic E-state index is -1.58. The van der Waals surface area contributed by atoms with Crippen molar-refractivity contribution in [1.82, 2.24) is 0 Å². The quantitative estimate of drug-likeness (QED) is 0.504. The van der Waals surface area contributed by atoms with E-state index in [-0.39, 0.29) is 6.42 Å². The van der Waals surface area contributed by atoms with E-state index in [9.17, 15) is 20.1 Å². The van der Waals surface area contributed by atoms with Crippen LogP contribution in [0.15, 0.2) is 30.3 Å². The van der Waals surface area contributed by atoms with E-state index in [4.69, 9.17) is 14.6 Å². The van der Waals surface area contributed by atoms with E-state index < -0.39 is 43.3 Å². The summed E-state index contributed by atoms with van der Waals surface area (Å²) in [6.45, 7) is -0.572. The predicted octanol–water partition coefficient (Wildman–Crippen LogP) is -1.43. The first kappa shape index (κ1) is 15.9. The molecule has 21 heavy (non-hydrogen) atoms. The first-order chi connectivity index (χ1) is 10.0. The predicted molar refractivity (Wildman–Crippen MR) is 70.0 cm³/mol. The van der Waals surface area contributed by atoms with Crippen molar-refractivity contribution in [2.45, 2.75) is 37.1 Å². The molecular formula is C14H18O7. The summed E-state index contributed by atoms with van der Waals surface area (Å²) in [6.07, 6.45) is -7.17. The van der Waals surface area contributed by atoms with Crippen LogP contribution in [-0.2, 0) is 20.7 Å². The second-order valence-corrected chi connectivity index (χ2v) is 4.85. The molecule has 1 saturated heterocycles. The van der Waals surface area contributed by atoms with E-state index in [2.05, 4.69) is 0 Å². The van der Waals surface area contributed by atoms with Crippen molar-refractivity contribution < 1.29 is 34.7 Å². The van der Waals surface area contributed by atoms with Crippen molar-refractivity contribution >= 4 is 5.97 Å². The molecule has 2 rings (SSSR count). The largest absolute Gasteiger partial charge is 0.432 e. The third kappa shape index (κ3) is 3.78. The maximum absolute atomic E-state index is 11.8. The highest BCUT2D eigenvalue weighted by atomic mass is 16.7. The molecule has 1 heterocycles. The number of carbonyl (C=O) groups excluding carboxylic acids is 1. The lowest BCUT2D eigenvalue weighted by molar-refractivity contribution is -0.292. The summed E-state index contributed by atoms with van der Waals surface area (Å²) >= 11 is 0. The van der Waals surface area contributed by atoms with Crippen molar-refractivity contribution in [3.63, 3.8) is 0 Å². The van der Waals surface area contributed by atoms with Crippen molar-refractivity contribution in [2.24, 2.45) is 0 Å². The number of ether oxygens (including phenoxy) is 2. The van der Waals surface area contributed by atoms with Gasteiger partial charge in [-0.3, -0.25) is 4.79 Å². The maximum Gasteiger partial charge on any atom is 0.312 e. The van der Waals surface area contributed by atoms with Crippen LogP contribution in [-0.4, -0.2) is 63.7 Å². The highest BCUT2D eigenvalue weighted by molar-refractivity contribution is 5.72. The summed E-state index contributed by atoms with van der Waals surface area (Å²) in [6, 6.07) is 8.85. The molecule has 0 amide bonds. The average Bonchev–Trinajstić information content (AvgIpc) is 2.49. The minimum Gasteiger partial charge on any atom is -0.432 e. The van der Waals surface area contributed by atoms with Gasteiger partial charge in [0.15, 0.2) is 0 Å². The number of rotatable bonds is 4. The minimum absolute atomic E-state index is 0.0180. The maximum atomic E-state index is 11.8. The fourth-order valence-corrected chi connectivity index (χ4v) is 2.10. The first-order valence-corrected chi connectivity index (χ1v) is 6.57. The molecule has 0 saturated carbocycles. The second kappa shape index (κ2) is 6.97. The van der Waals surface area contributed by atoms with Crippen LogP contribution in [0.3, 0.4) is 0 Å². The van der Waals surface area contributed by atoms with Gasteiger partial charge in [0.1, 0.15) is 24.4 Å². The molecule has 5 atom stereocenters. The number of carbonyl (C=O) groups is 1. The van der Waals surface area contributed by atoms with E-state index in [0.29, 0.717) is 0 Å². The van der Waals surface area contributed by atoms with Gasteiger partial charge in [0, 0.05) is 0 Å². The van der Waals surface area contributed by atoms with Crippen molar-refractivity contribution in [3.05, 3.63) is 35.9 Å². The average molecular weight is 298 g/mol. The number of aliphatic hydroxyl groups is 4. The summed E-state index contributed by atoms with van der Waals surface area (Å²) in [4.78, 5) is 11.8. The van der Waals surface area contributed by atoms with E-state index in [1.54, 1.807) is 24.3 Å². The molecule has 0 bridgehead atoms. The van der Waals surface area contributed by atoms with Gasteiger partial charge in [0.05, 0.1) is 13.0 Å². The molecule has 1 fully saturated rings. The normalized spacial score (nSPS) is 32.7. The number of hydrogen-bond acceptors (Lipinski definition) is 7. The summed E-state index contributed by atoms with van der Waals surface area (Å²) in [5.74, 6) is -0.648. The Bertz CT molecular complexity index is 462. The van der Waals surface area contributed by atoms with Gasteiger partial charge in [-0.1, -0.05) is 30.3 Å². The van der Waals surface area contributed by atoms with Crippen LogP contribution < -0.4 is 0 Å². The molecule has 0 unspecified atom stereocenters. The van der Waals surface area contributed by atoms with Crippen LogP contribution in [0.2, 0.25) is 0 Å². The lowest BCUT2D eigenvalue weighted by Gasteiger charge is -2.39. The number of hydrogen-bond donors (Lipinski definition) is 4. The highest BCUT2D eigenvalue weighted by Gasteiger charge is 2.45. The Morgan fingerprint density at radius 3 is 2.38 bits per heavy atom. The SMILES string of the molecule is O=C(Cc1ccccc1)O[C@H]1O[C@H](CO)[C@H](O)[C@H](O)[C@H]1O. The summed E-state index contributed by atoms with van der Waals surface area (Å²) in [5, 5.41) is 38.0. The molecule has 0 radical (unpaired) electrons. The first-order valence-electron chi connectivity index (χ1n) is 6.57. The highest BCUT2D eigenvalue weighted by Crippen LogP contribution is 2.22. The Morgan fingerprint density at radius 2 is 1.76 bits per heavy atom. The third-order valence-corrected chi connectivity index (χ3v) is 3.29. The Kier molecular flexibility index (Phi) is 5.27. The Hall–Kier alpha value is -1.51. The fraction of sp³-hybridized carbons (Fsp3) is 0.500. The summed E-state index contributed by atoms with van der Waals surface area (Å²) in [5.41, 5.74) is 0.729. The van der Waals surface area contributed by atoms with Gasteiger partial charge >= 0.3 is 5.97 Å². The number of aliphatic hydroxyl groups excluding tert-OH is 4. The van der Waals surface area contributed by atoms with Gasteiger partial charge in [-0.05, 0) is 5.56 Å². The molecule has 0 spiro atoms. The topological polar surface area (TPSA) is 116 Å². The summed E-state index contributed by atoms with van der Waals surface area (Å²) < 4.78 is 10.1. The van der Waals surface area contributed by atoms with E-state index >= 15 is 0 Å². The van der Waals surface area contributed by atoms with Crippen molar-refractivity contribution in [2.75, 3.05) is 6.61 Å². The standard InChI is InChI=1S/C14H18O7/c15-7-9-11(17)12(18)13(19)14(20-9)21-10(16)6-8-4-2-1-3-5-8/h1-5,9,11-15,17-19H,6-7H2/t9-,11+,12+,13-,14-/m1/s1. The second-order valence-electron chi connectivity index (χ2n) is 4.85. The smallest absolute Gasteiger partial charge is 0.312 e. The van der Waals surface area contributed by atoms with Gasteiger partial charge in [0.25, 0.3) is 0 Å². The zero-order valence-electron chi connectivity index (χ0n) is 11.2. The van der Waals surface area contributed by atoms with E-state index in [0.717, 1.165) is 5.56 Å². The fourth-order valence-electron chi connectivity index (χ4n) is 2.10. The Morgan fingerprint density at radius 1 is 1.10 bits per heavy atom. The van der Waals surface area contributed by atoms with Gasteiger partial charge in [-0.2, -0.15) is 0 Å². The van der Waals surface area contributed by atoms with Crippen LogP contribution in [0.4, 0.5) is 0 Å². The summed E-state index contributed by atoms with van der Waals surface area (Å²) in [7, 11) is 0. The van der Waals surface area contributed by atoms with Gasteiger partial charge in [0.2, 0.25) is 6.29 Å². The van der Waals surface area contributed by atoms with Gasteiger partial charge in [-0.15, -0.1) is 0 Å².